The maximum Gasteiger partial charge on any atom is 0.261 e. The number of anilines is 1. The van der Waals surface area contributed by atoms with Crippen LogP contribution >= 0.6 is 23.6 Å². The van der Waals surface area contributed by atoms with Gasteiger partial charge in [-0.3, -0.25) is 9.76 Å². The van der Waals surface area contributed by atoms with Crippen LogP contribution in [-0.2, 0) is 40.3 Å². The van der Waals surface area contributed by atoms with E-state index in [0.717, 1.165) is 70.9 Å². The van der Waals surface area contributed by atoms with Crippen LogP contribution in [0.4, 0.5) is 11.4 Å². The summed E-state index contributed by atoms with van der Waals surface area (Å²) in [4.78, 5) is 2.41. The SMILES string of the molecule is CC1(C)C(/C=C/C2=C(NS(=O)(=O)c3ccc(Cl)cc3)C(=C/C=C3/N(CCCCSOO[O-])c4ccccc4C3(C)C)/CC2)=[N+](CCCCS(=O)(=O)[O-])c2ccccc21. The van der Waals surface area contributed by atoms with Crippen molar-refractivity contribution in [2.75, 3.05) is 29.5 Å². The first-order valence-electron chi connectivity index (χ1n) is 19.3. The van der Waals surface area contributed by atoms with Crippen LogP contribution in [0.25, 0.3) is 0 Å². The Kier molecular flexibility index (Phi) is 13.8. The van der Waals surface area contributed by atoms with Crippen molar-refractivity contribution in [3.8, 4) is 0 Å². The lowest BCUT2D eigenvalue weighted by molar-refractivity contribution is -0.777. The predicted octanol–water partition coefficient (Wildman–Crippen LogP) is 7.88. The highest BCUT2D eigenvalue weighted by atomic mass is 35.5. The Morgan fingerprint density at radius 3 is 2.29 bits per heavy atom. The van der Waals surface area contributed by atoms with E-state index >= 15 is 0 Å². The van der Waals surface area contributed by atoms with Crippen molar-refractivity contribution in [1.29, 1.82) is 0 Å². The Morgan fingerprint density at radius 1 is 0.862 bits per heavy atom. The fourth-order valence-electron chi connectivity index (χ4n) is 8.15. The molecule has 1 N–H and O–H groups in total. The number of rotatable bonds is 18. The Bertz CT molecular complexity index is 2390. The molecule has 15 heteroatoms. The van der Waals surface area contributed by atoms with Gasteiger partial charge in [-0.2, -0.15) is 8.91 Å². The van der Waals surface area contributed by atoms with Gasteiger partial charge in [0.05, 0.1) is 26.1 Å². The van der Waals surface area contributed by atoms with E-state index in [0.29, 0.717) is 42.3 Å². The Balaban J connectivity index is 1.39. The van der Waals surface area contributed by atoms with Crippen LogP contribution in [0.15, 0.2) is 125 Å². The van der Waals surface area contributed by atoms with Crippen LogP contribution in [0.1, 0.15) is 77.3 Å². The second-order valence-corrected chi connectivity index (χ2v) is 20.1. The molecule has 0 unspecified atom stereocenters. The molecule has 58 heavy (non-hydrogen) atoms. The molecule has 3 aliphatic rings. The van der Waals surface area contributed by atoms with Crippen molar-refractivity contribution >= 4 is 60.9 Å². The van der Waals surface area contributed by atoms with E-state index in [-0.39, 0.29) is 16.7 Å². The van der Waals surface area contributed by atoms with Crippen molar-refractivity contribution in [3.05, 3.63) is 136 Å². The molecule has 11 nitrogen and oxygen atoms in total. The predicted molar refractivity (Wildman–Crippen MR) is 227 cm³/mol. The molecule has 2 aliphatic heterocycles. The number of benzene rings is 3. The third-order valence-electron chi connectivity index (χ3n) is 11.1. The molecule has 3 aromatic carbocycles. The van der Waals surface area contributed by atoms with E-state index in [1.54, 1.807) is 12.1 Å². The topological polar surface area (TPSA) is 151 Å². The lowest BCUT2D eigenvalue weighted by atomic mass is 9.81. The van der Waals surface area contributed by atoms with Gasteiger partial charge < -0.3 is 14.7 Å². The average molecular weight is 868 g/mol. The first kappa shape index (κ1) is 43.8. The molecular formula is C43H49ClN3O8S3-. The van der Waals surface area contributed by atoms with Gasteiger partial charge in [0.15, 0.2) is 5.71 Å². The standard InChI is InChI=1S/C43H50ClN3O8S3/c1-42(2)35-13-5-7-15-37(35)46(27-9-11-29-56-55-54-48)39(42)25-19-31-17-18-32(41(31)45-58(52,53)34-23-21-33(44)22-24-34)20-26-40-43(3,4)36-14-6-8-16-38(36)47(40)28-10-12-30-57(49,50)51/h5-8,13-16,19-26H,9-12,17-18,27-30H2,1-4H3,(H2,48,49,50,51)/p-1/b31-19+,39-25+. The molecule has 0 spiro atoms. The van der Waals surface area contributed by atoms with Gasteiger partial charge in [0, 0.05) is 76.0 Å². The molecule has 0 aromatic heterocycles. The van der Waals surface area contributed by atoms with Gasteiger partial charge in [0.1, 0.15) is 6.54 Å². The van der Waals surface area contributed by atoms with E-state index in [1.807, 2.05) is 48.6 Å². The molecule has 0 atom stereocenters. The molecule has 2 heterocycles. The molecule has 3 aromatic rings. The van der Waals surface area contributed by atoms with Gasteiger partial charge in [0.2, 0.25) is 5.69 Å². The molecule has 0 saturated carbocycles. The minimum absolute atomic E-state index is 0.0919. The van der Waals surface area contributed by atoms with Crippen LogP contribution in [0, 0.1) is 0 Å². The molecule has 0 bridgehead atoms. The minimum Gasteiger partial charge on any atom is -0.748 e. The maximum absolute atomic E-state index is 14.0. The number of fused-ring (bicyclic) bond motifs is 2. The highest BCUT2D eigenvalue weighted by Gasteiger charge is 2.44. The number of halogens is 1. The van der Waals surface area contributed by atoms with Crippen LogP contribution in [-0.4, -0.2) is 56.3 Å². The third kappa shape index (κ3) is 9.82. The number of para-hydroxylation sites is 2. The largest absolute Gasteiger partial charge is 0.748 e. The van der Waals surface area contributed by atoms with Crippen LogP contribution < -0.4 is 14.9 Å². The minimum atomic E-state index is -4.32. The molecule has 310 valence electrons. The second kappa shape index (κ2) is 18.3. The Labute approximate surface area is 351 Å². The van der Waals surface area contributed by atoms with E-state index in [9.17, 15) is 26.6 Å². The zero-order valence-corrected chi connectivity index (χ0v) is 36.3. The molecule has 6 rings (SSSR count). The summed E-state index contributed by atoms with van der Waals surface area (Å²) in [6.07, 6.45) is 11.8. The van der Waals surface area contributed by atoms with Gasteiger partial charge in [-0.25, -0.2) is 16.8 Å². The van der Waals surface area contributed by atoms with Crippen molar-refractivity contribution in [3.63, 3.8) is 0 Å². The van der Waals surface area contributed by atoms with Gasteiger partial charge in [-0.15, -0.1) is 0 Å². The zero-order chi connectivity index (χ0) is 41.7. The van der Waals surface area contributed by atoms with Crippen molar-refractivity contribution < 1.29 is 40.6 Å². The Hall–Kier alpha value is -3.73. The van der Waals surface area contributed by atoms with E-state index in [2.05, 4.69) is 75.5 Å². The Morgan fingerprint density at radius 2 is 1.57 bits per heavy atom. The number of hydrogen-bond acceptors (Lipinski definition) is 10. The fourth-order valence-corrected chi connectivity index (χ4v) is 10.4. The summed E-state index contributed by atoms with van der Waals surface area (Å²) in [5, 5.41) is 14.1. The zero-order valence-electron chi connectivity index (χ0n) is 33.1. The van der Waals surface area contributed by atoms with Gasteiger partial charge in [-0.05, 0) is 99.1 Å². The third-order valence-corrected chi connectivity index (χ3v) is 14.1. The number of allylic oxidation sites excluding steroid dienone is 7. The summed E-state index contributed by atoms with van der Waals surface area (Å²) in [6.45, 7) is 9.90. The molecule has 0 radical (unpaired) electrons. The number of nitrogens with one attached hydrogen (secondary N) is 1. The van der Waals surface area contributed by atoms with Crippen LogP contribution in [0.3, 0.4) is 0 Å². The quantitative estimate of drug-likeness (QED) is 0.0334. The molecular weight excluding hydrogens is 818 g/mol. The molecule has 0 amide bonds. The average Bonchev–Trinajstić information content (AvgIpc) is 3.73. The molecule has 0 fully saturated rings. The fraction of sp³-hybridized carbons (Fsp3) is 0.372. The molecule has 0 saturated heterocycles. The number of hydrogen-bond donors (Lipinski definition) is 1. The van der Waals surface area contributed by atoms with Gasteiger partial charge >= 0.3 is 0 Å². The highest BCUT2D eigenvalue weighted by molar-refractivity contribution is 7.94. The highest BCUT2D eigenvalue weighted by Crippen LogP contribution is 2.48. The maximum atomic E-state index is 14.0. The first-order valence-corrected chi connectivity index (χ1v) is 23.6. The summed E-state index contributed by atoms with van der Waals surface area (Å²) in [6, 6.07) is 22.5. The van der Waals surface area contributed by atoms with Gasteiger partial charge in [0.25, 0.3) is 10.0 Å². The lowest BCUT2D eigenvalue weighted by Crippen LogP contribution is -2.28. The summed E-state index contributed by atoms with van der Waals surface area (Å²) in [5.41, 5.74) is 7.96. The van der Waals surface area contributed by atoms with Gasteiger partial charge in [-0.1, -0.05) is 74.0 Å². The van der Waals surface area contributed by atoms with Crippen molar-refractivity contribution in [2.45, 2.75) is 81.9 Å². The van der Waals surface area contributed by atoms with Crippen LogP contribution in [0.5, 0.6) is 0 Å². The summed E-state index contributed by atoms with van der Waals surface area (Å²) in [7, 11) is -8.33. The van der Waals surface area contributed by atoms with E-state index in [1.165, 1.54) is 17.7 Å². The number of nitrogens with zero attached hydrogens (tertiary/aromatic N) is 2. The number of sulfonamides is 1. The van der Waals surface area contributed by atoms with E-state index in [4.69, 9.17) is 11.6 Å². The molecule has 1 aliphatic carbocycles. The lowest BCUT2D eigenvalue weighted by Gasteiger charge is -2.27. The summed E-state index contributed by atoms with van der Waals surface area (Å²) < 4.78 is 71.5. The summed E-state index contributed by atoms with van der Waals surface area (Å²) in [5.74, 6) is 0.190. The smallest absolute Gasteiger partial charge is 0.261 e. The normalized spacial score (nSPS) is 18.9. The van der Waals surface area contributed by atoms with Crippen molar-refractivity contribution in [1.82, 2.24) is 4.72 Å². The van der Waals surface area contributed by atoms with Crippen LogP contribution in [0.2, 0.25) is 5.02 Å². The summed E-state index contributed by atoms with van der Waals surface area (Å²) >= 11 is 7.10. The van der Waals surface area contributed by atoms with Crippen molar-refractivity contribution in [2.24, 2.45) is 0 Å². The second-order valence-electron chi connectivity index (χ2n) is 15.6. The monoisotopic (exact) mass is 866 g/mol. The van der Waals surface area contributed by atoms with E-state index < -0.39 is 31.3 Å². The first-order chi connectivity index (χ1) is 27.5. The number of unbranched alkanes of at least 4 members (excludes halogenated alkanes) is 2.